The molecule has 1 heterocycles. The zero-order chi connectivity index (χ0) is 14.5. The summed E-state index contributed by atoms with van der Waals surface area (Å²) in [5.74, 6) is 1.80. The van der Waals surface area contributed by atoms with Gasteiger partial charge in [-0.2, -0.15) is 0 Å². The quantitative estimate of drug-likeness (QED) is 0.763. The van der Waals surface area contributed by atoms with Crippen LogP contribution in [0.15, 0.2) is 18.2 Å². The highest BCUT2D eigenvalue weighted by molar-refractivity contribution is 5.78. The standard InChI is InChI=1S/C16H26N4/c1-4-12(3)11-20(5-2)9-8-16-18-14-7-6-13(17)10-15(14)19-16/h6-7,10,12H,4-5,8-9,11,17H2,1-3H3,(H,18,19). The van der Waals surface area contributed by atoms with E-state index in [1.165, 1.54) is 13.0 Å². The minimum atomic E-state index is 0.755. The molecule has 110 valence electrons. The number of hydrogen-bond donors (Lipinski definition) is 2. The highest BCUT2D eigenvalue weighted by Gasteiger charge is 2.09. The van der Waals surface area contributed by atoms with Gasteiger partial charge in [-0.25, -0.2) is 4.98 Å². The lowest BCUT2D eigenvalue weighted by atomic mass is 10.1. The van der Waals surface area contributed by atoms with E-state index in [0.29, 0.717) is 0 Å². The zero-order valence-corrected chi connectivity index (χ0v) is 12.8. The third kappa shape index (κ3) is 3.73. The molecule has 2 aromatic rings. The van der Waals surface area contributed by atoms with Crippen molar-refractivity contribution in [3.8, 4) is 0 Å². The van der Waals surface area contributed by atoms with Gasteiger partial charge in [-0.3, -0.25) is 0 Å². The number of likely N-dealkylation sites (N-methyl/N-ethyl adjacent to an activating group) is 1. The third-order valence-corrected chi connectivity index (χ3v) is 3.93. The average molecular weight is 274 g/mol. The van der Waals surface area contributed by atoms with Gasteiger partial charge in [0, 0.05) is 25.2 Å². The summed E-state index contributed by atoms with van der Waals surface area (Å²) in [6.45, 7) is 10.1. The molecule has 0 spiro atoms. The first-order valence-electron chi connectivity index (χ1n) is 7.58. The maximum Gasteiger partial charge on any atom is 0.108 e. The average Bonchev–Trinajstić information content (AvgIpc) is 2.84. The molecule has 0 amide bonds. The molecule has 20 heavy (non-hydrogen) atoms. The van der Waals surface area contributed by atoms with E-state index in [0.717, 1.165) is 48.0 Å². The topological polar surface area (TPSA) is 57.9 Å². The summed E-state index contributed by atoms with van der Waals surface area (Å²) in [4.78, 5) is 10.5. The number of fused-ring (bicyclic) bond motifs is 1. The Morgan fingerprint density at radius 1 is 1.35 bits per heavy atom. The molecule has 0 radical (unpaired) electrons. The van der Waals surface area contributed by atoms with Gasteiger partial charge in [0.05, 0.1) is 11.0 Å². The van der Waals surface area contributed by atoms with Gasteiger partial charge in [0.25, 0.3) is 0 Å². The number of benzene rings is 1. The summed E-state index contributed by atoms with van der Waals surface area (Å²) in [7, 11) is 0. The van der Waals surface area contributed by atoms with Crippen LogP contribution in [0.1, 0.15) is 33.0 Å². The second-order valence-corrected chi connectivity index (χ2v) is 5.62. The summed E-state index contributed by atoms with van der Waals surface area (Å²) in [5, 5.41) is 0. The van der Waals surface area contributed by atoms with Crippen molar-refractivity contribution in [3.63, 3.8) is 0 Å². The smallest absolute Gasteiger partial charge is 0.108 e. The Balaban J connectivity index is 1.97. The van der Waals surface area contributed by atoms with Crippen LogP contribution in [0.2, 0.25) is 0 Å². The van der Waals surface area contributed by atoms with Crippen molar-refractivity contribution >= 4 is 16.7 Å². The van der Waals surface area contributed by atoms with Gasteiger partial charge in [-0.15, -0.1) is 0 Å². The van der Waals surface area contributed by atoms with Crippen molar-refractivity contribution in [2.45, 2.75) is 33.6 Å². The second-order valence-electron chi connectivity index (χ2n) is 5.62. The van der Waals surface area contributed by atoms with Crippen molar-refractivity contribution in [3.05, 3.63) is 24.0 Å². The SMILES string of the molecule is CCC(C)CN(CC)CCc1nc2ccc(N)cc2[nH]1. The number of hydrogen-bond acceptors (Lipinski definition) is 3. The largest absolute Gasteiger partial charge is 0.399 e. The van der Waals surface area contributed by atoms with Crippen LogP contribution in [-0.2, 0) is 6.42 Å². The number of nitrogens with one attached hydrogen (secondary N) is 1. The van der Waals surface area contributed by atoms with Gasteiger partial charge >= 0.3 is 0 Å². The minimum Gasteiger partial charge on any atom is -0.399 e. The number of rotatable bonds is 7. The molecule has 0 aliphatic carbocycles. The van der Waals surface area contributed by atoms with Crippen LogP contribution in [0, 0.1) is 5.92 Å². The molecular formula is C16H26N4. The lowest BCUT2D eigenvalue weighted by Gasteiger charge is -2.23. The lowest BCUT2D eigenvalue weighted by Crippen LogP contribution is -2.30. The lowest BCUT2D eigenvalue weighted by molar-refractivity contribution is 0.247. The number of anilines is 1. The van der Waals surface area contributed by atoms with E-state index in [1.54, 1.807) is 0 Å². The monoisotopic (exact) mass is 274 g/mol. The van der Waals surface area contributed by atoms with Crippen LogP contribution in [-0.4, -0.2) is 34.5 Å². The summed E-state index contributed by atoms with van der Waals surface area (Å²) < 4.78 is 0. The van der Waals surface area contributed by atoms with E-state index in [-0.39, 0.29) is 0 Å². The number of aromatic nitrogens is 2. The van der Waals surface area contributed by atoms with E-state index < -0.39 is 0 Å². The molecule has 0 saturated heterocycles. The molecule has 4 heteroatoms. The number of nitrogens with zero attached hydrogens (tertiary/aromatic N) is 2. The van der Waals surface area contributed by atoms with E-state index in [9.17, 15) is 0 Å². The van der Waals surface area contributed by atoms with Gasteiger partial charge in [-0.1, -0.05) is 27.2 Å². The summed E-state index contributed by atoms with van der Waals surface area (Å²) in [6, 6.07) is 5.82. The molecule has 3 N–H and O–H groups in total. The van der Waals surface area contributed by atoms with Crippen molar-refractivity contribution in [1.82, 2.24) is 14.9 Å². The summed E-state index contributed by atoms with van der Waals surface area (Å²) in [6.07, 6.45) is 2.19. The molecule has 0 fully saturated rings. The van der Waals surface area contributed by atoms with Crippen LogP contribution >= 0.6 is 0 Å². The highest BCUT2D eigenvalue weighted by atomic mass is 15.1. The molecule has 1 aromatic heterocycles. The Morgan fingerprint density at radius 2 is 2.15 bits per heavy atom. The minimum absolute atomic E-state index is 0.755. The van der Waals surface area contributed by atoms with Crippen molar-refractivity contribution in [2.24, 2.45) is 5.92 Å². The molecule has 2 rings (SSSR count). The number of imidazole rings is 1. The fourth-order valence-corrected chi connectivity index (χ4v) is 2.41. The van der Waals surface area contributed by atoms with Crippen LogP contribution in [0.25, 0.3) is 11.0 Å². The van der Waals surface area contributed by atoms with Gasteiger partial charge in [-0.05, 0) is 30.7 Å². The fourth-order valence-electron chi connectivity index (χ4n) is 2.41. The van der Waals surface area contributed by atoms with Gasteiger partial charge in [0.15, 0.2) is 0 Å². The Kier molecular flexibility index (Phi) is 5.01. The maximum atomic E-state index is 5.79. The van der Waals surface area contributed by atoms with Crippen LogP contribution < -0.4 is 5.73 Å². The molecule has 1 aromatic carbocycles. The van der Waals surface area contributed by atoms with Crippen molar-refractivity contribution in [1.29, 1.82) is 0 Å². The molecule has 0 aliphatic rings. The molecule has 1 unspecified atom stereocenters. The van der Waals surface area contributed by atoms with Crippen molar-refractivity contribution in [2.75, 3.05) is 25.4 Å². The summed E-state index contributed by atoms with van der Waals surface area (Å²) in [5.41, 5.74) is 8.60. The number of aromatic amines is 1. The molecular weight excluding hydrogens is 248 g/mol. The Morgan fingerprint density at radius 3 is 2.85 bits per heavy atom. The number of nitrogens with two attached hydrogens (primary N) is 1. The zero-order valence-electron chi connectivity index (χ0n) is 12.8. The van der Waals surface area contributed by atoms with Gasteiger partial charge in [0.1, 0.15) is 5.82 Å². The molecule has 0 saturated carbocycles. The number of H-pyrrole nitrogens is 1. The highest BCUT2D eigenvalue weighted by Crippen LogP contribution is 2.15. The van der Waals surface area contributed by atoms with Crippen LogP contribution in [0.4, 0.5) is 5.69 Å². The van der Waals surface area contributed by atoms with E-state index in [1.807, 2.05) is 18.2 Å². The predicted molar refractivity (Wildman–Crippen MR) is 85.8 cm³/mol. The first-order valence-corrected chi connectivity index (χ1v) is 7.58. The van der Waals surface area contributed by atoms with Gasteiger partial charge in [0.2, 0.25) is 0 Å². The van der Waals surface area contributed by atoms with Crippen LogP contribution in [0.3, 0.4) is 0 Å². The molecule has 0 aliphatic heterocycles. The Bertz CT molecular complexity index is 546. The predicted octanol–water partition coefficient (Wildman–Crippen LogP) is 3.06. The molecule has 4 nitrogen and oxygen atoms in total. The Hall–Kier alpha value is -1.55. The fraction of sp³-hybridized carbons (Fsp3) is 0.562. The third-order valence-electron chi connectivity index (χ3n) is 3.93. The Labute approximate surface area is 121 Å². The number of nitrogen functional groups attached to an aromatic ring is 1. The van der Waals surface area contributed by atoms with Gasteiger partial charge < -0.3 is 15.6 Å². The summed E-state index contributed by atoms with van der Waals surface area (Å²) >= 11 is 0. The normalized spacial score (nSPS) is 13.2. The second kappa shape index (κ2) is 6.75. The molecule has 1 atom stereocenters. The van der Waals surface area contributed by atoms with Crippen LogP contribution in [0.5, 0.6) is 0 Å². The van der Waals surface area contributed by atoms with E-state index in [2.05, 4.69) is 35.6 Å². The molecule has 0 bridgehead atoms. The first-order chi connectivity index (χ1) is 9.62. The van der Waals surface area contributed by atoms with Crippen molar-refractivity contribution < 1.29 is 0 Å². The van der Waals surface area contributed by atoms with E-state index in [4.69, 9.17) is 5.73 Å². The van der Waals surface area contributed by atoms with E-state index >= 15 is 0 Å². The maximum absolute atomic E-state index is 5.79. The first kappa shape index (κ1) is 14.9.